The van der Waals surface area contributed by atoms with E-state index in [1.165, 1.54) is 12.5 Å². The fourth-order valence-corrected chi connectivity index (χ4v) is 3.21. The van der Waals surface area contributed by atoms with E-state index in [0.29, 0.717) is 0 Å². The average molecular weight is 362 g/mol. The molecule has 0 spiro atoms. The van der Waals surface area contributed by atoms with Gasteiger partial charge in [0.25, 0.3) is 0 Å². The Balaban J connectivity index is 1.73. The number of aryl methyl sites for hydroxylation is 1. The number of hydrogen-bond acceptors (Lipinski definition) is 3. The summed E-state index contributed by atoms with van der Waals surface area (Å²) in [6, 6.07) is 18.3. The number of nitrogens with one attached hydrogen (secondary N) is 2. The highest BCUT2D eigenvalue weighted by Crippen LogP contribution is 2.21. The van der Waals surface area contributed by atoms with Crippen LogP contribution in [0, 0.1) is 13.8 Å². The lowest BCUT2D eigenvalue weighted by Gasteiger charge is -2.16. The zero-order chi connectivity index (χ0) is 19.4. The number of amides is 1. The molecule has 140 valence electrons. The Kier molecular flexibility index (Phi) is 5.72. The molecule has 1 amide bonds. The highest BCUT2D eigenvalue weighted by molar-refractivity contribution is 5.88. The van der Waals surface area contributed by atoms with Crippen molar-refractivity contribution in [2.75, 3.05) is 5.32 Å². The van der Waals surface area contributed by atoms with Crippen LogP contribution in [0.15, 0.2) is 54.6 Å². The SMILES string of the molecule is CC(=O)Nc1cccc(C(C)NCc2c(C)nn(-c3ccccc3)c2C)c1. The molecule has 1 atom stereocenters. The number of para-hydroxylation sites is 1. The summed E-state index contributed by atoms with van der Waals surface area (Å²) in [5.74, 6) is -0.0627. The molecule has 1 heterocycles. The lowest BCUT2D eigenvalue weighted by molar-refractivity contribution is -0.114. The minimum atomic E-state index is -0.0627. The normalized spacial score (nSPS) is 12.0. The summed E-state index contributed by atoms with van der Waals surface area (Å²) in [4.78, 5) is 11.3. The monoisotopic (exact) mass is 362 g/mol. The van der Waals surface area contributed by atoms with Crippen LogP contribution in [-0.4, -0.2) is 15.7 Å². The highest BCUT2D eigenvalue weighted by atomic mass is 16.1. The molecular weight excluding hydrogens is 336 g/mol. The Hall–Kier alpha value is -2.92. The molecule has 0 aliphatic rings. The van der Waals surface area contributed by atoms with Crippen LogP contribution < -0.4 is 10.6 Å². The maximum Gasteiger partial charge on any atom is 0.221 e. The van der Waals surface area contributed by atoms with Gasteiger partial charge in [0.15, 0.2) is 0 Å². The van der Waals surface area contributed by atoms with Gasteiger partial charge >= 0.3 is 0 Å². The van der Waals surface area contributed by atoms with Crippen LogP contribution in [0.5, 0.6) is 0 Å². The minimum absolute atomic E-state index is 0.0627. The number of hydrogen-bond donors (Lipinski definition) is 2. The zero-order valence-electron chi connectivity index (χ0n) is 16.3. The Morgan fingerprint density at radius 1 is 1.11 bits per heavy atom. The van der Waals surface area contributed by atoms with Gasteiger partial charge in [0, 0.05) is 36.5 Å². The molecule has 0 bridgehead atoms. The predicted octanol–water partition coefficient (Wildman–Crippen LogP) is 4.30. The van der Waals surface area contributed by atoms with Gasteiger partial charge in [0.1, 0.15) is 0 Å². The van der Waals surface area contributed by atoms with Crippen molar-refractivity contribution < 1.29 is 4.79 Å². The first-order valence-electron chi connectivity index (χ1n) is 9.17. The topological polar surface area (TPSA) is 59.0 Å². The molecule has 2 N–H and O–H groups in total. The van der Waals surface area contributed by atoms with Gasteiger partial charge in [0.2, 0.25) is 5.91 Å². The number of rotatable bonds is 6. The van der Waals surface area contributed by atoms with Crippen molar-refractivity contribution in [1.82, 2.24) is 15.1 Å². The van der Waals surface area contributed by atoms with Gasteiger partial charge in [-0.2, -0.15) is 5.10 Å². The molecule has 0 aliphatic carbocycles. The first-order valence-corrected chi connectivity index (χ1v) is 9.17. The van der Waals surface area contributed by atoms with E-state index in [1.807, 2.05) is 48.0 Å². The van der Waals surface area contributed by atoms with Gasteiger partial charge in [-0.1, -0.05) is 30.3 Å². The fourth-order valence-electron chi connectivity index (χ4n) is 3.21. The second kappa shape index (κ2) is 8.18. The summed E-state index contributed by atoms with van der Waals surface area (Å²) in [7, 11) is 0. The van der Waals surface area contributed by atoms with Crippen LogP contribution in [0.2, 0.25) is 0 Å². The van der Waals surface area contributed by atoms with Gasteiger partial charge in [-0.05, 0) is 50.6 Å². The number of aromatic nitrogens is 2. The van der Waals surface area contributed by atoms with Crippen LogP contribution in [0.1, 0.15) is 42.4 Å². The smallest absolute Gasteiger partial charge is 0.221 e. The van der Waals surface area contributed by atoms with Crippen LogP contribution in [0.4, 0.5) is 5.69 Å². The third kappa shape index (κ3) is 4.44. The van der Waals surface area contributed by atoms with Crippen molar-refractivity contribution in [3.05, 3.63) is 77.1 Å². The van der Waals surface area contributed by atoms with E-state index in [9.17, 15) is 4.79 Å². The quantitative estimate of drug-likeness (QED) is 0.687. The number of anilines is 1. The summed E-state index contributed by atoms with van der Waals surface area (Å²) in [6.45, 7) is 8.52. The molecule has 3 aromatic rings. The molecule has 1 aromatic heterocycles. The summed E-state index contributed by atoms with van der Waals surface area (Å²) in [6.07, 6.45) is 0. The van der Waals surface area contributed by atoms with Gasteiger partial charge in [-0.15, -0.1) is 0 Å². The Morgan fingerprint density at radius 3 is 2.56 bits per heavy atom. The third-order valence-corrected chi connectivity index (χ3v) is 4.73. The van der Waals surface area contributed by atoms with Gasteiger partial charge in [0.05, 0.1) is 11.4 Å². The second-order valence-electron chi connectivity index (χ2n) is 6.81. The highest BCUT2D eigenvalue weighted by Gasteiger charge is 2.14. The van der Waals surface area contributed by atoms with E-state index in [0.717, 1.165) is 34.9 Å². The molecule has 5 heteroatoms. The summed E-state index contributed by atoms with van der Waals surface area (Å²) >= 11 is 0. The maximum atomic E-state index is 11.3. The van der Waals surface area contributed by atoms with E-state index < -0.39 is 0 Å². The van der Waals surface area contributed by atoms with Crippen LogP contribution >= 0.6 is 0 Å². The number of benzene rings is 2. The molecule has 2 aromatic carbocycles. The van der Waals surface area contributed by atoms with Crippen molar-refractivity contribution in [2.24, 2.45) is 0 Å². The Morgan fingerprint density at radius 2 is 1.85 bits per heavy atom. The first kappa shape index (κ1) is 18.9. The van der Waals surface area contributed by atoms with Crippen molar-refractivity contribution >= 4 is 11.6 Å². The van der Waals surface area contributed by atoms with E-state index in [2.05, 4.69) is 42.7 Å². The molecular formula is C22H26N4O. The standard InChI is InChI=1S/C22H26N4O/c1-15(19-9-8-10-20(13-19)24-18(4)27)23-14-22-16(2)25-26(17(22)3)21-11-6-5-7-12-21/h5-13,15,23H,14H2,1-4H3,(H,24,27). The van der Waals surface area contributed by atoms with Crippen LogP contribution in [0.25, 0.3) is 5.69 Å². The minimum Gasteiger partial charge on any atom is -0.326 e. The van der Waals surface area contributed by atoms with Gasteiger partial charge < -0.3 is 10.6 Å². The zero-order valence-corrected chi connectivity index (χ0v) is 16.3. The van der Waals surface area contributed by atoms with Crippen molar-refractivity contribution in [3.8, 4) is 5.69 Å². The maximum absolute atomic E-state index is 11.3. The van der Waals surface area contributed by atoms with Crippen molar-refractivity contribution in [1.29, 1.82) is 0 Å². The van der Waals surface area contributed by atoms with Gasteiger partial charge in [-0.25, -0.2) is 4.68 Å². The average Bonchev–Trinajstić information content (AvgIpc) is 2.94. The summed E-state index contributed by atoms with van der Waals surface area (Å²) in [5, 5.41) is 11.1. The van der Waals surface area contributed by atoms with E-state index >= 15 is 0 Å². The Bertz CT molecular complexity index is 931. The molecule has 3 rings (SSSR count). The van der Waals surface area contributed by atoms with E-state index in [4.69, 9.17) is 5.10 Å². The van der Waals surface area contributed by atoms with Gasteiger partial charge in [-0.3, -0.25) is 4.79 Å². The molecule has 0 saturated carbocycles. The van der Waals surface area contributed by atoms with Crippen molar-refractivity contribution in [2.45, 2.75) is 40.3 Å². The van der Waals surface area contributed by atoms with Crippen LogP contribution in [0.3, 0.4) is 0 Å². The van der Waals surface area contributed by atoms with Crippen molar-refractivity contribution in [3.63, 3.8) is 0 Å². The second-order valence-corrected chi connectivity index (χ2v) is 6.81. The number of nitrogens with zero attached hydrogens (tertiary/aromatic N) is 2. The lowest BCUT2D eigenvalue weighted by atomic mass is 10.1. The summed E-state index contributed by atoms with van der Waals surface area (Å²) in [5.41, 5.74) is 6.41. The number of carbonyl (C=O) groups is 1. The predicted molar refractivity (Wildman–Crippen MR) is 109 cm³/mol. The molecule has 27 heavy (non-hydrogen) atoms. The molecule has 0 radical (unpaired) electrons. The van der Waals surface area contributed by atoms with E-state index in [1.54, 1.807) is 0 Å². The molecule has 0 saturated heterocycles. The molecule has 1 unspecified atom stereocenters. The largest absolute Gasteiger partial charge is 0.326 e. The fraction of sp³-hybridized carbons (Fsp3) is 0.273. The third-order valence-electron chi connectivity index (χ3n) is 4.73. The lowest BCUT2D eigenvalue weighted by Crippen LogP contribution is -2.19. The molecule has 0 fully saturated rings. The van der Waals surface area contributed by atoms with E-state index in [-0.39, 0.29) is 11.9 Å². The van der Waals surface area contributed by atoms with Crippen LogP contribution in [-0.2, 0) is 11.3 Å². The number of carbonyl (C=O) groups excluding carboxylic acids is 1. The molecule has 5 nitrogen and oxygen atoms in total. The first-order chi connectivity index (χ1) is 13.0. The molecule has 0 aliphatic heterocycles. The summed E-state index contributed by atoms with van der Waals surface area (Å²) < 4.78 is 1.99. The Labute approximate surface area is 160 Å².